The number of rotatable bonds is 4. The lowest BCUT2D eigenvalue weighted by atomic mass is 9.89. The zero-order valence-corrected chi connectivity index (χ0v) is 12.7. The average Bonchev–Trinajstić information content (AvgIpc) is 2.48. The van der Waals surface area contributed by atoms with E-state index in [2.05, 4.69) is 42.6 Å². The molecule has 1 heterocycles. The van der Waals surface area contributed by atoms with Crippen LogP contribution in [0.4, 0.5) is 0 Å². The third-order valence-electron chi connectivity index (χ3n) is 3.80. The van der Waals surface area contributed by atoms with Crippen LogP contribution in [0.2, 0.25) is 0 Å². The molecule has 1 aliphatic rings. The first-order valence-corrected chi connectivity index (χ1v) is 7.47. The summed E-state index contributed by atoms with van der Waals surface area (Å²) in [5.41, 5.74) is 1.18. The molecule has 1 N–H and O–H groups in total. The molecule has 0 aromatic heterocycles. The molecule has 1 saturated heterocycles. The van der Waals surface area contributed by atoms with Crippen molar-refractivity contribution in [1.29, 1.82) is 0 Å². The molecule has 21 heavy (non-hydrogen) atoms. The summed E-state index contributed by atoms with van der Waals surface area (Å²) in [6.07, 6.45) is 9.20. The number of piperidine rings is 1. The van der Waals surface area contributed by atoms with Gasteiger partial charge in [0.25, 0.3) is 0 Å². The van der Waals surface area contributed by atoms with Crippen LogP contribution in [0.3, 0.4) is 0 Å². The topological polar surface area (TPSA) is 38.3 Å². The summed E-state index contributed by atoms with van der Waals surface area (Å²) in [6, 6.07) is 10.4. The molecule has 0 amide bonds. The van der Waals surface area contributed by atoms with Crippen molar-refractivity contribution in [3.05, 3.63) is 54.1 Å². The van der Waals surface area contributed by atoms with E-state index in [0.717, 1.165) is 13.0 Å². The van der Waals surface area contributed by atoms with Gasteiger partial charge in [0.15, 0.2) is 0 Å². The van der Waals surface area contributed by atoms with Gasteiger partial charge in [0.1, 0.15) is 6.10 Å². The van der Waals surface area contributed by atoms with Gasteiger partial charge in [0.05, 0.1) is 0 Å². The zero-order chi connectivity index (χ0) is 15.1. The molecule has 2 rings (SSSR count). The monoisotopic (exact) mass is 285 g/mol. The Morgan fingerprint density at radius 2 is 2.05 bits per heavy atom. The second-order valence-electron chi connectivity index (χ2n) is 5.43. The van der Waals surface area contributed by atoms with Crippen LogP contribution in [0.25, 0.3) is 6.08 Å². The molecular formula is C18H23NO2. The van der Waals surface area contributed by atoms with E-state index in [-0.39, 0.29) is 24.0 Å². The van der Waals surface area contributed by atoms with E-state index in [0.29, 0.717) is 0 Å². The minimum atomic E-state index is -0.194. The molecule has 1 aromatic carbocycles. The first-order chi connectivity index (χ1) is 10.2. The molecule has 3 unspecified atom stereocenters. The molecule has 1 fully saturated rings. The van der Waals surface area contributed by atoms with E-state index in [1.165, 1.54) is 12.5 Å². The van der Waals surface area contributed by atoms with Crippen LogP contribution in [0.1, 0.15) is 25.8 Å². The van der Waals surface area contributed by atoms with Crippen LogP contribution in [0.15, 0.2) is 48.6 Å². The fourth-order valence-electron chi connectivity index (χ4n) is 2.61. The molecule has 3 heteroatoms. The van der Waals surface area contributed by atoms with Crippen molar-refractivity contribution in [2.45, 2.75) is 32.4 Å². The van der Waals surface area contributed by atoms with Crippen molar-refractivity contribution >= 4 is 12.0 Å². The van der Waals surface area contributed by atoms with Crippen molar-refractivity contribution < 1.29 is 9.53 Å². The molecule has 0 spiro atoms. The smallest absolute Gasteiger partial charge is 0.302 e. The fourth-order valence-corrected chi connectivity index (χ4v) is 2.61. The van der Waals surface area contributed by atoms with Gasteiger partial charge in [-0.1, -0.05) is 61.6 Å². The maximum atomic E-state index is 11.1. The molecule has 1 aromatic rings. The molecule has 3 atom stereocenters. The normalized spacial score (nSPS) is 26.3. The Hall–Kier alpha value is -1.87. The first-order valence-electron chi connectivity index (χ1n) is 7.47. The van der Waals surface area contributed by atoms with Crippen molar-refractivity contribution in [3.63, 3.8) is 0 Å². The molecule has 0 saturated carbocycles. The summed E-state index contributed by atoms with van der Waals surface area (Å²) in [7, 11) is 0. The number of ether oxygens (including phenoxy) is 1. The van der Waals surface area contributed by atoms with Gasteiger partial charge in [-0.15, -0.1) is 0 Å². The van der Waals surface area contributed by atoms with Gasteiger partial charge < -0.3 is 10.1 Å². The Morgan fingerprint density at radius 1 is 1.29 bits per heavy atom. The van der Waals surface area contributed by atoms with Crippen molar-refractivity contribution in [2.24, 2.45) is 5.92 Å². The Labute approximate surface area is 126 Å². The minimum Gasteiger partial charge on any atom is -0.462 e. The Bertz CT molecular complexity index is 507. The van der Waals surface area contributed by atoms with Gasteiger partial charge in [-0.25, -0.2) is 0 Å². The van der Waals surface area contributed by atoms with Gasteiger partial charge in [-0.2, -0.15) is 0 Å². The molecule has 0 aliphatic carbocycles. The van der Waals surface area contributed by atoms with Crippen LogP contribution in [-0.4, -0.2) is 24.7 Å². The summed E-state index contributed by atoms with van der Waals surface area (Å²) in [4.78, 5) is 11.1. The Morgan fingerprint density at radius 3 is 2.76 bits per heavy atom. The van der Waals surface area contributed by atoms with Gasteiger partial charge in [-0.05, 0) is 18.5 Å². The number of carbonyl (C=O) groups is 1. The third-order valence-corrected chi connectivity index (χ3v) is 3.80. The maximum Gasteiger partial charge on any atom is 0.302 e. The maximum absolute atomic E-state index is 11.1. The number of benzene rings is 1. The summed E-state index contributed by atoms with van der Waals surface area (Å²) in [5, 5.41) is 3.46. The lowest BCUT2D eigenvalue weighted by Gasteiger charge is -2.34. The van der Waals surface area contributed by atoms with Crippen molar-refractivity contribution in [1.82, 2.24) is 5.32 Å². The predicted octanol–water partition coefficient (Wildman–Crippen LogP) is 3.19. The quantitative estimate of drug-likeness (QED) is 0.682. The third kappa shape index (κ3) is 4.87. The summed E-state index contributed by atoms with van der Waals surface area (Å²) in [6.45, 7) is 4.47. The summed E-state index contributed by atoms with van der Waals surface area (Å²) < 4.78 is 5.38. The Balaban J connectivity index is 1.90. The lowest BCUT2D eigenvalue weighted by molar-refractivity contribution is -0.150. The van der Waals surface area contributed by atoms with Crippen LogP contribution >= 0.6 is 0 Å². The van der Waals surface area contributed by atoms with Crippen LogP contribution in [0.5, 0.6) is 0 Å². The van der Waals surface area contributed by atoms with Gasteiger partial charge in [0.2, 0.25) is 0 Å². The number of hydrogen-bond donors (Lipinski definition) is 1. The van der Waals surface area contributed by atoms with E-state index in [1.807, 2.05) is 24.3 Å². The SMILES string of the molecule is CC(=O)OC1CCNC(/C=C/C=C/c2ccccc2)C1C. The number of esters is 1. The highest BCUT2D eigenvalue weighted by atomic mass is 16.5. The van der Waals surface area contributed by atoms with Gasteiger partial charge in [-0.3, -0.25) is 4.79 Å². The van der Waals surface area contributed by atoms with E-state index in [9.17, 15) is 4.79 Å². The predicted molar refractivity (Wildman–Crippen MR) is 85.7 cm³/mol. The van der Waals surface area contributed by atoms with E-state index in [4.69, 9.17) is 4.74 Å². The zero-order valence-electron chi connectivity index (χ0n) is 12.7. The summed E-state index contributed by atoms with van der Waals surface area (Å²) >= 11 is 0. The lowest BCUT2D eigenvalue weighted by Crippen LogP contribution is -2.47. The van der Waals surface area contributed by atoms with E-state index >= 15 is 0 Å². The fraction of sp³-hybridized carbons (Fsp3) is 0.389. The molecule has 112 valence electrons. The number of allylic oxidation sites excluding steroid dienone is 2. The molecule has 0 bridgehead atoms. The number of hydrogen-bond acceptors (Lipinski definition) is 3. The van der Waals surface area contributed by atoms with Crippen LogP contribution < -0.4 is 5.32 Å². The van der Waals surface area contributed by atoms with Crippen molar-refractivity contribution in [3.8, 4) is 0 Å². The molecule has 3 nitrogen and oxygen atoms in total. The van der Waals surface area contributed by atoms with Gasteiger partial charge in [0, 0.05) is 18.9 Å². The summed E-state index contributed by atoms with van der Waals surface area (Å²) in [5.74, 6) is 0.0875. The average molecular weight is 285 g/mol. The molecule has 1 aliphatic heterocycles. The Kier molecular flexibility index (Phi) is 5.76. The van der Waals surface area contributed by atoms with Gasteiger partial charge >= 0.3 is 5.97 Å². The molecular weight excluding hydrogens is 262 g/mol. The van der Waals surface area contributed by atoms with E-state index < -0.39 is 0 Å². The minimum absolute atomic E-state index is 0.0107. The van der Waals surface area contributed by atoms with Crippen LogP contribution in [-0.2, 0) is 9.53 Å². The van der Waals surface area contributed by atoms with Crippen LogP contribution in [0, 0.1) is 5.92 Å². The largest absolute Gasteiger partial charge is 0.462 e. The first kappa shape index (κ1) is 15.5. The highest BCUT2D eigenvalue weighted by Crippen LogP contribution is 2.21. The highest BCUT2D eigenvalue weighted by molar-refractivity contribution is 5.66. The molecule has 0 radical (unpaired) electrons. The highest BCUT2D eigenvalue weighted by Gasteiger charge is 2.29. The van der Waals surface area contributed by atoms with Crippen molar-refractivity contribution in [2.75, 3.05) is 6.54 Å². The number of carbonyl (C=O) groups excluding carboxylic acids is 1. The second kappa shape index (κ2) is 7.79. The number of nitrogens with one attached hydrogen (secondary N) is 1. The van der Waals surface area contributed by atoms with E-state index in [1.54, 1.807) is 0 Å². The standard InChI is InChI=1S/C18H23NO2/c1-14-17(19-13-12-18(14)21-15(2)20)11-7-6-10-16-8-4-3-5-9-16/h3-11,14,17-19H,12-13H2,1-2H3/b10-6+,11-7+. The second-order valence-corrected chi connectivity index (χ2v) is 5.43.